The molecule has 1 saturated carbocycles. The first-order valence-corrected chi connectivity index (χ1v) is 16.7. The summed E-state index contributed by atoms with van der Waals surface area (Å²) in [7, 11) is 0. The van der Waals surface area contributed by atoms with Gasteiger partial charge in [-0.15, -0.1) is 0 Å². The number of benzene rings is 2. The molecule has 2 unspecified atom stereocenters. The minimum Gasteiger partial charge on any atom is -0.508 e. The summed E-state index contributed by atoms with van der Waals surface area (Å²) in [5.74, 6) is 0.917. The minimum atomic E-state index is -0.708. The standard InChI is InChI=1S/C36H45FN4O3/c1-23-7-6-9-25-17-28(42)19-30(32(23)25)33(43)26-10-11-31-29(18-26)34(41-15-5-3-4-8-24(41)2)39-35(38-31)44-22-36(13-14-36)21-40-16-12-27(37)20-40/h6-7,9,17,19,24,26-27,42H,3-5,8,10-16,18,20-22H2,1-2H3/t24?,26?,27-/m0/s1. The smallest absolute Gasteiger partial charge is 0.318 e. The first-order valence-electron chi connectivity index (χ1n) is 16.7. The van der Waals surface area contributed by atoms with E-state index in [1.807, 2.05) is 25.1 Å². The molecule has 7 rings (SSSR count). The first kappa shape index (κ1) is 29.5. The van der Waals surface area contributed by atoms with E-state index in [2.05, 4.69) is 16.7 Å². The summed E-state index contributed by atoms with van der Waals surface area (Å²) in [5.41, 5.74) is 3.77. The number of anilines is 1. The third kappa shape index (κ3) is 5.90. The number of ether oxygens (including phenoxy) is 1. The van der Waals surface area contributed by atoms with Crippen molar-refractivity contribution < 1.29 is 19.0 Å². The Morgan fingerprint density at radius 2 is 1.98 bits per heavy atom. The molecule has 3 fully saturated rings. The zero-order chi connectivity index (χ0) is 30.4. The van der Waals surface area contributed by atoms with E-state index in [0.29, 0.717) is 56.5 Å². The molecule has 2 aliphatic heterocycles. The Morgan fingerprint density at radius 1 is 1.11 bits per heavy atom. The summed E-state index contributed by atoms with van der Waals surface area (Å²) >= 11 is 0. The largest absolute Gasteiger partial charge is 0.508 e. The molecule has 2 aromatic carbocycles. The number of aromatic hydroxyl groups is 1. The van der Waals surface area contributed by atoms with Gasteiger partial charge in [-0.3, -0.25) is 9.69 Å². The van der Waals surface area contributed by atoms with Gasteiger partial charge in [-0.25, -0.2) is 4.39 Å². The van der Waals surface area contributed by atoms with Gasteiger partial charge in [0.1, 0.15) is 17.7 Å². The molecule has 0 spiro atoms. The molecule has 3 aromatic rings. The number of likely N-dealkylation sites (tertiary alicyclic amines) is 1. The molecule has 2 saturated heterocycles. The van der Waals surface area contributed by atoms with E-state index in [9.17, 15) is 14.3 Å². The number of ketones is 1. The normalized spacial score (nSPS) is 25.1. The van der Waals surface area contributed by atoms with Gasteiger partial charge in [0.15, 0.2) is 5.78 Å². The number of rotatable bonds is 8. The second kappa shape index (κ2) is 11.9. The van der Waals surface area contributed by atoms with Gasteiger partial charge in [0.2, 0.25) is 0 Å². The molecule has 4 aliphatic rings. The number of Topliss-reactive ketones (excluding diaryl/α,β-unsaturated/α-hetero) is 1. The average molecular weight is 601 g/mol. The van der Waals surface area contributed by atoms with Gasteiger partial charge in [0.05, 0.1) is 12.3 Å². The lowest BCUT2D eigenvalue weighted by atomic mass is 9.80. The number of phenolic OH excluding ortho intramolecular Hbond substituents is 1. The highest BCUT2D eigenvalue weighted by Crippen LogP contribution is 2.47. The average Bonchev–Trinajstić information content (AvgIpc) is 3.71. The Kier molecular flexibility index (Phi) is 7.98. The Morgan fingerprint density at radius 3 is 2.77 bits per heavy atom. The van der Waals surface area contributed by atoms with Crippen molar-refractivity contribution in [2.75, 3.05) is 37.7 Å². The van der Waals surface area contributed by atoms with Crippen LogP contribution in [0.2, 0.25) is 0 Å². The SMILES string of the molecule is Cc1cccc2cc(O)cc(C(=O)C3CCc4nc(OCC5(CN6CC[C@H](F)C6)CC5)nc(N5CCCCCC5C)c4C3)c12. The van der Waals surface area contributed by atoms with Crippen molar-refractivity contribution in [3.63, 3.8) is 0 Å². The molecule has 44 heavy (non-hydrogen) atoms. The van der Waals surface area contributed by atoms with E-state index in [0.717, 1.165) is 78.7 Å². The Hall–Kier alpha value is -3.26. The van der Waals surface area contributed by atoms with Crippen LogP contribution in [0, 0.1) is 18.3 Å². The van der Waals surface area contributed by atoms with Crippen LogP contribution >= 0.6 is 0 Å². The van der Waals surface area contributed by atoms with Crippen LogP contribution in [0.3, 0.4) is 0 Å². The number of carbonyl (C=O) groups is 1. The lowest BCUT2D eigenvalue weighted by molar-refractivity contribution is 0.0909. The van der Waals surface area contributed by atoms with Gasteiger partial charge in [0, 0.05) is 54.7 Å². The van der Waals surface area contributed by atoms with E-state index in [-0.39, 0.29) is 22.9 Å². The van der Waals surface area contributed by atoms with Crippen LogP contribution in [0.4, 0.5) is 10.2 Å². The van der Waals surface area contributed by atoms with E-state index in [4.69, 9.17) is 14.7 Å². The van der Waals surface area contributed by atoms with Gasteiger partial charge in [-0.2, -0.15) is 9.97 Å². The molecule has 1 aromatic heterocycles. The van der Waals surface area contributed by atoms with Crippen molar-refractivity contribution in [2.45, 2.75) is 90.3 Å². The molecule has 3 atom stereocenters. The highest BCUT2D eigenvalue weighted by molar-refractivity contribution is 6.11. The van der Waals surface area contributed by atoms with E-state index in [1.165, 1.54) is 12.8 Å². The van der Waals surface area contributed by atoms with Crippen molar-refractivity contribution >= 4 is 22.4 Å². The van der Waals surface area contributed by atoms with Crippen molar-refractivity contribution in [1.29, 1.82) is 0 Å². The van der Waals surface area contributed by atoms with Crippen LogP contribution in [0.1, 0.15) is 85.5 Å². The molecule has 0 amide bonds. The fraction of sp³-hybridized carbons (Fsp3) is 0.583. The van der Waals surface area contributed by atoms with E-state index < -0.39 is 6.17 Å². The number of hydrogen-bond acceptors (Lipinski definition) is 7. The van der Waals surface area contributed by atoms with Crippen LogP contribution in [0.5, 0.6) is 11.8 Å². The molecule has 3 heterocycles. The van der Waals surface area contributed by atoms with Crippen molar-refractivity contribution in [3.8, 4) is 11.8 Å². The van der Waals surface area contributed by atoms with Crippen molar-refractivity contribution in [2.24, 2.45) is 11.3 Å². The van der Waals surface area contributed by atoms with Gasteiger partial charge >= 0.3 is 6.01 Å². The fourth-order valence-corrected chi connectivity index (χ4v) is 7.85. The predicted octanol–water partition coefficient (Wildman–Crippen LogP) is 6.60. The highest BCUT2D eigenvalue weighted by Gasteiger charge is 2.46. The number of fused-ring (bicyclic) bond motifs is 2. The van der Waals surface area contributed by atoms with E-state index in [1.54, 1.807) is 12.1 Å². The van der Waals surface area contributed by atoms with Gasteiger partial charge in [-0.1, -0.05) is 31.0 Å². The molecule has 8 heteroatoms. The first-order chi connectivity index (χ1) is 21.3. The number of phenols is 1. The number of carbonyl (C=O) groups excluding carboxylic acids is 1. The summed E-state index contributed by atoms with van der Waals surface area (Å²) in [5, 5.41) is 12.3. The maximum atomic E-state index is 14.2. The molecular formula is C36H45FN4O3. The quantitative estimate of drug-likeness (QED) is 0.292. The third-order valence-corrected chi connectivity index (χ3v) is 10.6. The molecule has 2 aliphatic carbocycles. The Balaban J connectivity index is 1.17. The lowest BCUT2D eigenvalue weighted by Crippen LogP contribution is -2.36. The molecule has 1 N–H and O–H groups in total. The minimum absolute atomic E-state index is 0.0685. The van der Waals surface area contributed by atoms with Crippen LogP contribution in [-0.2, 0) is 12.8 Å². The number of halogens is 1. The molecular weight excluding hydrogens is 555 g/mol. The van der Waals surface area contributed by atoms with E-state index >= 15 is 0 Å². The molecule has 234 valence electrons. The highest BCUT2D eigenvalue weighted by atomic mass is 19.1. The van der Waals surface area contributed by atoms with Crippen LogP contribution in [-0.4, -0.2) is 70.8 Å². The van der Waals surface area contributed by atoms with Crippen molar-refractivity contribution in [3.05, 3.63) is 52.7 Å². The Bertz CT molecular complexity index is 1560. The molecule has 0 bridgehead atoms. The van der Waals surface area contributed by atoms with Crippen LogP contribution in [0.15, 0.2) is 30.3 Å². The maximum absolute atomic E-state index is 14.2. The van der Waals surface area contributed by atoms with Crippen molar-refractivity contribution in [1.82, 2.24) is 14.9 Å². The summed E-state index contributed by atoms with van der Waals surface area (Å²) in [4.78, 5) is 28.9. The molecule has 0 radical (unpaired) electrons. The predicted molar refractivity (Wildman–Crippen MR) is 171 cm³/mol. The fourth-order valence-electron chi connectivity index (χ4n) is 7.85. The van der Waals surface area contributed by atoms with Gasteiger partial charge in [-0.05, 0) is 93.7 Å². The summed E-state index contributed by atoms with van der Waals surface area (Å²) in [6, 6.07) is 10.1. The number of aromatic nitrogens is 2. The summed E-state index contributed by atoms with van der Waals surface area (Å²) in [6.07, 6.45) is 8.72. The monoisotopic (exact) mass is 600 g/mol. The lowest BCUT2D eigenvalue weighted by Gasteiger charge is -2.33. The number of aryl methyl sites for hydroxylation is 2. The number of alkyl halides is 1. The third-order valence-electron chi connectivity index (χ3n) is 10.6. The number of nitrogens with zero attached hydrogens (tertiary/aromatic N) is 4. The van der Waals surface area contributed by atoms with Gasteiger partial charge < -0.3 is 14.7 Å². The second-order valence-electron chi connectivity index (χ2n) is 14.0. The summed E-state index contributed by atoms with van der Waals surface area (Å²) in [6.45, 7) is 8.03. The zero-order valence-corrected chi connectivity index (χ0v) is 26.2. The van der Waals surface area contributed by atoms with Crippen LogP contribution in [0.25, 0.3) is 10.8 Å². The van der Waals surface area contributed by atoms with Crippen LogP contribution < -0.4 is 9.64 Å². The second-order valence-corrected chi connectivity index (χ2v) is 14.0. The molecule has 7 nitrogen and oxygen atoms in total. The zero-order valence-electron chi connectivity index (χ0n) is 26.2. The van der Waals surface area contributed by atoms with Gasteiger partial charge in [0.25, 0.3) is 0 Å². The summed E-state index contributed by atoms with van der Waals surface area (Å²) < 4.78 is 20.2. The number of hydrogen-bond donors (Lipinski definition) is 1. The Labute approximate surface area is 259 Å². The maximum Gasteiger partial charge on any atom is 0.318 e. The topological polar surface area (TPSA) is 78.8 Å².